The molecule has 0 bridgehead atoms. The van der Waals surface area contributed by atoms with Crippen molar-refractivity contribution in [1.82, 2.24) is 19.6 Å². The second-order valence-electron chi connectivity index (χ2n) is 7.01. The second kappa shape index (κ2) is 5.80. The van der Waals surface area contributed by atoms with Gasteiger partial charge in [0, 0.05) is 44.1 Å². The van der Waals surface area contributed by atoms with Crippen molar-refractivity contribution in [3.8, 4) is 0 Å². The van der Waals surface area contributed by atoms with Gasteiger partial charge in [-0.15, -0.1) is 0 Å². The van der Waals surface area contributed by atoms with E-state index in [0.717, 1.165) is 0 Å². The SMILES string of the molecule is Cc1noc(C[C@]23COC[C@H]2CN(C(=O)c2cccn(C)c2=O)C3)n1. The van der Waals surface area contributed by atoms with Crippen molar-refractivity contribution < 1.29 is 14.1 Å². The van der Waals surface area contributed by atoms with Crippen LogP contribution in [0.2, 0.25) is 0 Å². The highest BCUT2D eigenvalue weighted by Crippen LogP contribution is 2.43. The predicted molar refractivity (Wildman–Crippen MR) is 87.1 cm³/mol. The summed E-state index contributed by atoms with van der Waals surface area (Å²) < 4.78 is 12.4. The Bertz CT molecular complexity index is 874. The van der Waals surface area contributed by atoms with Gasteiger partial charge >= 0.3 is 0 Å². The number of carbonyl (C=O) groups excluding carboxylic acids is 1. The van der Waals surface area contributed by atoms with Crippen molar-refractivity contribution >= 4 is 5.91 Å². The predicted octanol–water partition coefficient (Wildman–Crippen LogP) is 0.408. The van der Waals surface area contributed by atoms with Crippen molar-refractivity contribution in [2.24, 2.45) is 18.4 Å². The van der Waals surface area contributed by atoms with E-state index < -0.39 is 0 Å². The lowest BCUT2D eigenvalue weighted by Crippen LogP contribution is -2.38. The summed E-state index contributed by atoms with van der Waals surface area (Å²) in [4.78, 5) is 31.2. The quantitative estimate of drug-likeness (QED) is 0.801. The smallest absolute Gasteiger partial charge is 0.263 e. The van der Waals surface area contributed by atoms with Crippen LogP contribution in [0.1, 0.15) is 22.1 Å². The number of hydrogen-bond acceptors (Lipinski definition) is 6. The molecule has 1 amide bonds. The van der Waals surface area contributed by atoms with Gasteiger partial charge in [0.25, 0.3) is 11.5 Å². The van der Waals surface area contributed by atoms with Crippen LogP contribution < -0.4 is 5.56 Å². The maximum atomic E-state index is 12.9. The van der Waals surface area contributed by atoms with Crippen LogP contribution in [-0.4, -0.2) is 51.8 Å². The number of hydrogen-bond donors (Lipinski definition) is 0. The molecule has 8 heteroatoms. The highest BCUT2D eigenvalue weighted by molar-refractivity contribution is 5.94. The third-order valence-electron chi connectivity index (χ3n) is 5.23. The van der Waals surface area contributed by atoms with Gasteiger partial charge in [-0.3, -0.25) is 9.59 Å². The van der Waals surface area contributed by atoms with Crippen LogP contribution >= 0.6 is 0 Å². The van der Waals surface area contributed by atoms with E-state index in [9.17, 15) is 9.59 Å². The van der Waals surface area contributed by atoms with Gasteiger partial charge in [-0.25, -0.2) is 0 Å². The van der Waals surface area contributed by atoms with Crippen LogP contribution in [0.5, 0.6) is 0 Å². The van der Waals surface area contributed by atoms with E-state index in [2.05, 4.69) is 10.1 Å². The molecular weight excluding hydrogens is 324 g/mol. The molecule has 4 rings (SSSR count). The molecule has 8 nitrogen and oxygen atoms in total. The van der Waals surface area contributed by atoms with Crippen LogP contribution in [-0.2, 0) is 18.2 Å². The first kappa shape index (κ1) is 16.0. The van der Waals surface area contributed by atoms with E-state index in [1.54, 1.807) is 37.2 Å². The fraction of sp³-hybridized carbons (Fsp3) is 0.529. The average molecular weight is 344 g/mol. The number of fused-ring (bicyclic) bond motifs is 1. The summed E-state index contributed by atoms with van der Waals surface area (Å²) in [5.41, 5.74) is -0.300. The lowest BCUT2D eigenvalue weighted by molar-refractivity contribution is 0.0711. The minimum absolute atomic E-state index is 0.203. The Morgan fingerprint density at radius 1 is 1.48 bits per heavy atom. The third kappa shape index (κ3) is 2.66. The Labute approximate surface area is 144 Å². The first-order valence-corrected chi connectivity index (χ1v) is 8.30. The number of likely N-dealkylation sites (tertiary alicyclic amines) is 1. The van der Waals surface area contributed by atoms with E-state index in [1.807, 2.05) is 0 Å². The first-order valence-electron chi connectivity index (χ1n) is 8.30. The van der Waals surface area contributed by atoms with Crippen LogP contribution in [0, 0.1) is 18.3 Å². The fourth-order valence-corrected chi connectivity index (χ4v) is 3.88. The summed E-state index contributed by atoms with van der Waals surface area (Å²) in [6.07, 6.45) is 2.22. The third-order valence-corrected chi connectivity index (χ3v) is 5.23. The number of ether oxygens (including phenoxy) is 1. The standard InChI is InChI=1S/C17H20N4O4/c1-11-18-14(25-19-11)6-17-9-21(7-12(17)8-24-10-17)16(23)13-4-3-5-20(2)15(13)22/h3-5,12H,6-10H2,1-2H3/t12-,17+/m1/s1. The molecule has 25 heavy (non-hydrogen) atoms. The highest BCUT2D eigenvalue weighted by atomic mass is 16.5. The topological polar surface area (TPSA) is 90.5 Å². The zero-order valence-corrected chi connectivity index (χ0v) is 14.3. The largest absolute Gasteiger partial charge is 0.380 e. The summed E-state index contributed by atoms with van der Waals surface area (Å²) in [6.45, 7) is 4.03. The van der Waals surface area contributed by atoms with Crippen molar-refractivity contribution in [1.29, 1.82) is 0 Å². The fourth-order valence-electron chi connectivity index (χ4n) is 3.88. The summed E-state index contributed by atoms with van der Waals surface area (Å²) in [5, 5.41) is 3.84. The van der Waals surface area contributed by atoms with Gasteiger partial charge in [0.2, 0.25) is 5.89 Å². The number of nitrogens with zero attached hydrogens (tertiary/aromatic N) is 4. The summed E-state index contributed by atoms with van der Waals surface area (Å²) in [7, 11) is 1.64. The Balaban J connectivity index is 1.59. The maximum Gasteiger partial charge on any atom is 0.263 e. The first-order chi connectivity index (χ1) is 12.0. The van der Waals surface area contributed by atoms with E-state index in [-0.39, 0.29) is 28.4 Å². The monoisotopic (exact) mass is 344 g/mol. The zero-order valence-electron chi connectivity index (χ0n) is 14.3. The molecule has 0 radical (unpaired) electrons. The molecule has 2 saturated heterocycles. The van der Waals surface area contributed by atoms with Crippen molar-refractivity contribution in [3.63, 3.8) is 0 Å². The van der Waals surface area contributed by atoms with Crippen molar-refractivity contribution in [3.05, 3.63) is 46.0 Å². The number of amides is 1. The Kier molecular flexibility index (Phi) is 3.72. The van der Waals surface area contributed by atoms with Crippen LogP contribution in [0.15, 0.2) is 27.6 Å². The summed E-state index contributed by atoms with van der Waals surface area (Å²) in [6, 6.07) is 3.30. The Morgan fingerprint density at radius 2 is 2.32 bits per heavy atom. The molecule has 0 aromatic carbocycles. The molecule has 0 N–H and O–H groups in total. The maximum absolute atomic E-state index is 12.9. The molecule has 0 saturated carbocycles. The molecule has 2 aromatic heterocycles. The molecule has 0 unspecified atom stereocenters. The van der Waals surface area contributed by atoms with Gasteiger partial charge in [-0.2, -0.15) is 4.98 Å². The molecule has 2 fully saturated rings. The van der Waals surface area contributed by atoms with Gasteiger partial charge in [-0.05, 0) is 19.1 Å². The Hall–Kier alpha value is -2.48. The van der Waals surface area contributed by atoms with E-state index in [4.69, 9.17) is 9.26 Å². The lowest BCUT2D eigenvalue weighted by atomic mass is 9.78. The lowest BCUT2D eigenvalue weighted by Gasteiger charge is -2.25. The summed E-state index contributed by atoms with van der Waals surface area (Å²) >= 11 is 0. The number of rotatable bonds is 3. The van der Waals surface area contributed by atoms with Gasteiger partial charge in [0.15, 0.2) is 5.82 Å². The minimum atomic E-state index is -0.276. The van der Waals surface area contributed by atoms with Crippen LogP contribution in [0.4, 0.5) is 0 Å². The van der Waals surface area contributed by atoms with Gasteiger partial charge < -0.3 is 18.7 Å². The Morgan fingerprint density at radius 3 is 3.08 bits per heavy atom. The molecule has 2 aliphatic heterocycles. The highest BCUT2D eigenvalue weighted by Gasteiger charge is 2.52. The van der Waals surface area contributed by atoms with E-state index in [0.29, 0.717) is 44.4 Å². The number of pyridine rings is 1. The van der Waals surface area contributed by atoms with Gasteiger partial charge in [0.1, 0.15) is 5.56 Å². The number of aryl methyl sites for hydroxylation is 2. The molecule has 0 spiro atoms. The minimum Gasteiger partial charge on any atom is -0.380 e. The van der Waals surface area contributed by atoms with Crippen LogP contribution in [0.25, 0.3) is 0 Å². The van der Waals surface area contributed by atoms with Crippen LogP contribution in [0.3, 0.4) is 0 Å². The molecule has 0 aliphatic carbocycles. The van der Waals surface area contributed by atoms with Gasteiger partial charge in [0.05, 0.1) is 13.2 Å². The zero-order chi connectivity index (χ0) is 17.6. The van der Waals surface area contributed by atoms with E-state index >= 15 is 0 Å². The van der Waals surface area contributed by atoms with E-state index in [1.165, 1.54) is 4.57 Å². The van der Waals surface area contributed by atoms with Crippen molar-refractivity contribution in [2.45, 2.75) is 13.3 Å². The molecule has 2 aliphatic rings. The average Bonchev–Trinajstić information content (AvgIpc) is 3.24. The molecular formula is C17H20N4O4. The number of carbonyl (C=O) groups is 1. The number of aromatic nitrogens is 3. The molecule has 2 aromatic rings. The van der Waals surface area contributed by atoms with Crippen molar-refractivity contribution in [2.75, 3.05) is 26.3 Å². The summed E-state index contributed by atoms with van der Waals surface area (Å²) in [5.74, 6) is 1.14. The molecule has 132 valence electrons. The molecule has 2 atom stereocenters. The van der Waals surface area contributed by atoms with Gasteiger partial charge in [-0.1, -0.05) is 5.16 Å². The molecule has 4 heterocycles. The normalized spacial score (nSPS) is 25.4. The second-order valence-corrected chi connectivity index (χ2v) is 7.01.